The first-order valence-corrected chi connectivity index (χ1v) is 9.63. The van der Waals surface area contributed by atoms with Crippen LogP contribution < -0.4 is 0 Å². The SMILES string of the molecule is CC(=O)/C(C)=N/N(Cc1ccccc1)[Si](C)(C)C. The summed E-state index contributed by atoms with van der Waals surface area (Å²) in [7, 11) is -1.58. The van der Waals surface area contributed by atoms with E-state index < -0.39 is 8.24 Å². The molecule has 0 saturated carbocycles. The quantitative estimate of drug-likeness (QED) is 0.463. The van der Waals surface area contributed by atoms with Crippen molar-refractivity contribution in [2.45, 2.75) is 40.0 Å². The predicted molar refractivity (Wildman–Crippen MR) is 79.1 cm³/mol. The van der Waals surface area contributed by atoms with Gasteiger partial charge in [-0.25, -0.2) is 0 Å². The molecule has 3 nitrogen and oxygen atoms in total. The molecular weight excluding hydrogens is 240 g/mol. The second-order valence-electron chi connectivity index (χ2n) is 5.46. The number of rotatable bonds is 5. The van der Waals surface area contributed by atoms with E-state index in [2.05, 4.69) is 41.5 Å². The lowest BCUT2D eigenvalue weighted by molar-refractivity contribution is -0.111. The lowest BCUT2D eigenvalue weighted by Crippen LogP contribution is -2.42. The normalized spacial score (nSPS) is 12.4. The van der Waals surface area contributed by atoms with Gasteiger partial charge in [0.05, 0.1) is 12.3 Å². The van der Waals surface area contributed by atoms with Crippen molar-refractivity contribution >= 4 is 19.7 Å². The van der Waals surface area contributed by atoms with Crippen LogP contribution in [0.2, 0.25) is 19.6 Å². The van der Waals surface area contributed by atoms with Gasteiger partial charge in [0, 0.05) is 6.92 Å². The first-order valence-electron chi connectivity index (χ1n) is 6.18. The Morgan fingerprint density at radius 3 is 2.17 bits per heavy atom. The number of benzene rings is 1. The molecule has 0 spiro atoms. The van der Waals surface area contributed by atoms with Crippen LogP contribution in [0, 0.1) is 0 Å². The van der Waals surface area contributed by atoms with Gasteiger partial charge in [-0.2, -0.15) is 5.10 Å². The second kappa shape index (κ2) is 5.95. The number of hydrogen-bond acceptors (Lipinski definition) is 3. The average molecular weight is 262 g/mol. The van der Waals surface area contributed by atoms with Gasteiger partial charge in [0.25, 0.3) is 0 Å². The largest absolute Gasteiger partial charge is 0.320 e. The highest BCUT2D eigenvalue weighted by Gasteiger charge is 2.23. The van der Waals surface area contributed by atoms with E-state index in [-0.39, 0.29) is 5.78 Å². The molecule has 0 N–H and O–H groups in total. The highest BCUT2D eigenvalue weighted by Crippen LogP contribution is 2.15. The number of hydrogen-bond donors (Lipinski definition) is 0. The molecule has 0 saturated heterocycles. The molecule has 0 fully saturated rings. The summed E-state index contributed by atoms with van der Waals surface area (Å²) in [6, 6.07) is 10.2. The molecular formula is C14H22N2OSi. The summed E-state index contributed by atoms with van der Waals surface area (Å²) in [5, 5.41) is 4.50. The van der Waals surface area contributed by atoms with E-state index in [4.69, 9.17) is 0 Å². The van der Waals surface area contributed by atoms with Crippen molar-refractivity contribution in [2.75, 3.05) is 0 Å². The molecule has 0 heterocycles. The number of nitrogens with zero attached hydrogens (tertiary/aromatic N) is 2. The maximum absolute atomic E-state index is 11.3. The van der Waals surface area contributed by atoms with Crippen LogP contribution >= 0.6 is 0 Å². The highest BCUT2D eigenvalue weighted by molar-refractivity contribution is 6.73. The van der Waals surface area contributed by atoms with E-state index in [0.717, 1.165) is 6.54 Å². The number of carbonyl (C=O) groups excluding carboxylic acids is 1. The van der Waals surface area contributed by atoms with Gasteiger partial charge >= 0.3 is 0 Å². The molecule has 0 bridgehead atoms. The summed E-state index contributed by atoms with van der Waals surface area (Å²) in [6.07, 6.45) is 0. The van der Waals surface area contributed by atoms with Crippen molar-refractivity contribution in [2.24, 2.45) is 5.10 Å². The summed E-state index contributed by atoms with van der Waals surface area (Å²) in [5.41, 5.74) is 1.80. The molecule has 0 aliphatic rings. The number of ketones is 1. The fraction of sp³-hybridized carbons (Fsp3) is 0.429. The Morgan fingerprint density at radius 2 is 1.72 bits per heavy atom. The first kappa shape index (κ1) is 14.6. The van der Waals surface area contributed by atoms with Crippen LogP contribution in [-0.2, 0) is 11.3 Å². The molecule has 1 aromatic carbocycles. The van der Waals surface area contributed by atoms with Gasteiger partial charge < -0.3 is 4.67 Å². The maximum Gasteiger partial charge on any atom is 0.175 e. The van der Waals surface area contributed by atoms with Crippen LogP contribution in [0.5, 0.6) is 0 Å². The highest BCUT2D eigenvalue weighted by atomic mass is 28.3. The lowest BCUT2D eigenvalue weighted by Gasteiger charge is -2.32. The number of hydrazone groups is 1. The molecule has 0 aliphatic carbocycles. The first-order chi connectivity index (χ1) is 8.30. The van der Waals surface area contributed by atoms with Gasteiger partial charge in [0.2, 0.25) is 0 Å². The molecule has 4 heteroatoms. The van der Waals surface area contributed by atoms with Gasteiger partial charge in [0.1, 0.15) is 0 Å². The Morgan fingerprint density at radius 1 is 1.17 bits per heavy atom. The minimum Gasteiger partial charge on any atom is -0.320 e. The zero-order chi connectivity index (χ0) is 13.8. The minimum atomic E-state index is -1.58. The smallest absolute Gasteiger partial charge is 0.175 e. The molecule has 0 atom stereocenters. The Hall–Kier alpha value is -1.42. The van der Waals surface area contributed by atoms with Crippen LogP contribution in [0.15, 0.2) is 35.4 Å². The van der Waals surface area contributed by atoms with Crippen LogP contribution in [-0.4, -0.2) is 24.4 Å². The third-order valence-electron chi connectivity index (χ3n) is 2.73. The third-order valence-corrected chi connectivity index (χ3v) is 4.54. The summed E-state index contributed by atoms with van der Waals surface area (Å²) in [5.74, 6) is 0.0336. The summed E-state index contributed by atoms with van der Waals surface area (Å²) >= 11 is 0. The Bertz CT molecular complexity index is 435. The topological polar surface area (TPSA) is 32.7 Å². The van der Waals surface area contributed by atoms with E-state index in [1.807, 2.05) is 18.2 Å². The number of Topliss-reactive ketones (excluding diaryl/α,β-unsaturated/α-hetero) is 1. The average Bonchev–Trinajstić information content (AvgIpc) is 2.28. The Kier molecular flexibility index (Phi) is 4.84. The molecule has 0 radical (unpaired) electrons. The molecule has 0 amide bonds. The van der Waals surface area contributed by atoms with Crippen molar-refractivity contribution in [1.82, 2.24) is 4.67 Å². The van der Waals surface area contributed by atoms with E-state index >= 15 is 0 Å². The lowest BCUT2D eigenvalue weighted by atomic mass is 10.2. The van der Waals surface area contributed by atoms with E-state index in [0.29, 0.717) is 5.71 Å². The van der Waals surface area contributed by atoms with Crippen molar-refractivity contribution in [3.05, 3.63) is 35.9 Å². The van der Waals surface area contributed by atoms with Crippen molar-refractivity contribution in [3.63, 3.8) is 0 Å². The molecule has 1 aromatic rings. The zero-order valence-corrected chi connectivity index (χ0v) is 12.9. The van der Waals surface area contributed by atoms with Crippen LogP contribution in [0.1, 0.15) is 19.4 Å². The van der Waals surface area contributed by atoms with Gasteiger partial charge in [-0.1, -0.05) is 50.0 Å². The van der Waals surface area contributed by atoms with Crippen LogP contribution in [0.3, 0.4) is 0 Å². The second-order valence-corrected chi connectivity index (χ2v) is 10.3. The van der Waals surface area contributed by atoms with Gasteiger partial charge in [0.15, 0.2) is 14.0 Å². The third kappa shape index (κ3) is 4.45. The van der Waals surface area contributed by atoms with Gasteiger partial charge in [-0.3, -0.25) is 4.79 Å². The Balaban J connectivity index is 2.94. The van der Waals surface area contributed by atoms with Crippen molar-refractivity contribution in [1.29, 1.82) is 0 Å². The summed E-state index contributed by atoms with van der Waals surface area (Å²) in [4.78, 5) is 11.3. The fourth-order valence-corrected chi connectivity index (χ4v) is 2.54. The number of carbonyl (C=O) groups is 1. The Labute approximate surface area is 111 Å². The van der Waals surface area contributed by atoms with Crippen LogP contribution in [0.4, 0.5) is 0 Å². The molecule has 0 unspecified atom stereocenters. The standard InChI is InChI=1S/C14H22N2OSi/c1-12(13(2)17)15-16(18(3,4)5)11-14-9-7-6-8-10-14/h6-10H,11H2,1-5H3/b15-12+. The molecule has 18 heavy (non-hydrogen) atoms. The monoisotopic (exact) mass is 262 g/mol. The van der Waals surface area contributed by atoms with Gasteiger partial charge in [-0.05, 0) is 12.5 Å². The maximum atomic E-state index is 11.3. The van der Waals surface area contributed by atoms with Crippen molar-refractivity contribution in [3.8, 4) is 0 Å². The molecule has 98 valence electrons. The predicted octanol–water partition coefficient (Wildman–Crippen LogP) is 3.29. The van der Waals surface area contributed by atoms with Crippen molar-refractivity contribution < 1.29 is 4.79 Å². The molecule has 0 aromatic heterocycles. The fourth-order valence-electron chi connectivity index (χ4n) is 1.43. The van der Waals surface area contributed by atoms with E-state index in [9.17, 15) is 4.79 Å². The van der Waals surface area contributed by atoms with E-state index in [1.165, 1.54) is 5.56 Å². The summed E-state index contributed by atoms with van der Waals surface area (Å²) < 4.78 is 2.10. The van der Waals surface area contributed by atoms with E-state index in [1.54, 1.807) is 13.8 Å². The minimum absolute atomic E-state index is 0.0336. The molecule has 1 rings (SSSR count). The summed E-state index contributed by atoms with van der Waals surface area (Å²) in [6.45, 7) is 10.8. The zero-order valence-electron chi connectivity index (χ0n) is 11.9. The molecule has 0 aliphatic heterocycles. The van der Waals surface area contributed by atoms with Crippen LogP contribution in [0.25, 0.3) is 0 Å². The van der Waals surface area contributed by atoms with Gasteiger partial charge in [-0.15, -0.1) is 0 Å².